The molecule has 102 valence electrons. The first-order chi connectivity index (χ1) is 9.22. The molecule has 0 aliphatic heterocycles. The van der Waals surface area contributed by atoms with Crippen LogP contribution in [0, 0.1) is 0 Å². The van der Waals surface area contributed by atoms with Gasteiger partial charge in [0.15, 0.2) is 0 Å². The summed E-state index contributed by atoms with van der Waals surface area (Å²) in [5.41, 5.74) is 0. The Kier molecular flexibility index (Phi) is 4.79. The third kappa shape index (κ3) is 3.47. The number of halogens is 1. The molecule has 0 unspecified atom stereocenters. The Morgan fingerprint density at radius 3 is 2.95 bits per heavy atom. The molecule has 0 aliphatic carbocycles. The van der Waals surface area contributed by atoms with E-state index in [1.165, 1.54) is 0 Å². The summed E-state index contributed by atoms with van der Waals surface area (Å²) in [6.07, 6.45) is 4.29. The highest BCUT2D eigenvalue weighted by Gasteiger charge is 2.13. The monoisotopic (exact) mass is 324 g/mol. The molecule has 0 aromatic carbocycles. The van der Waals surface area contributed by atoms with E-state index < -0.39 is 0 Å². The molecular weight excluding hydrogens is 308 g/mol. The molecule has 0 radical (unpaired) electrons. The third-order valence-electron chi connectivity index (χ3n) is 2.65. The lowest BCUT2D eigenvalue weighted by Gasteiger charge is -2.19. The van der Waals surface area contributed by atoms with E-state index in [9.17, 15) is 0 Å². The van der Waals surface area contributed by atoms with Gasteiger partial charge in [-0.2, -0.15) is 0 Å². The third-order valence-corrected chi connectivity index (χ3v) is 3.38. The fourth-order valence-electron chi connectivity index (χ4n) is 1.70. The normalized spacial score (nSPS) is 10.5. The van der Waals surface area contributed by atoms with E-state index in [1.54, 1.807) is 12.6 Å². The molecule has 2 aromatic heterocycles. The molecule has 0 bridgehead atoms. The molecule has 19 heavy (non-hydrogen) atoms. The fourth-order valence-corrected chi connectivity index (χ4v) is 2.35. The lowest BCUT2D eigenvalue weighted by Crippen LogP contribution is -2.18. The predicted molar refractivity (Wildman–Crippen MR) is 79.3 cm³/mol. The zero-order chi connectivity index (χ0) is 13.7. The predicted octanol–water partition coefficient (Wildman–Crippen LogP) is 3.29. The van der Waals surface area contributed by atoms with Crippen molar-refractivity contribution < 1.29 is 4.42 Å². The number of anilines is 2. The minimum Gasteiger partial charge on any atom is -0.467 e. The Hall–Kier alpha value is -1.56. The summed E-state index contributed by atoms with van der Waals surface area (Å²) in [5, 5.41) is 3.27. The zero-order valence-corrected chi connectivity index (χ0v) is 12.6. The molecule has 5 nitrogen and oxygen atoms in total. The van der Waals surface area contributed by atoms with Crippen LogP contribution in [-0.4, -0.2) is 23.6 Å². The summed E-state index contributed by atoms with van der Waals surface area (Å²) >= 11 is 3.56. The van der Waals surface area contributed by atoms with Crippen LogP contribution in [-0.2, 0) is 6.54 Å². The van der Waals surface area contributed by atoms with E-state index in [4.69, 9.17) is 4.42 Å². The maximum Gasteiger partial charge on any atom is 0.148 e. The van der Waals surface area contributed by atoms with Gasteiger partial charge in [-0.25, -0.2) is 9.97 Å². The van der Waals surface area contributed by atoms with Crippen molar-refractivity contribution in [2.45, 2.75) is 19.9 Å². The second-order valence-corrected chi connectivity index (χ2v) is 5.02. The first-order valence-corrected chi connectivity index (χ1v) is 6.99. The smallest absolute Gasteiger partial charge is 0.148 e. The number of nitrogens with zero attached hydrogens (tertiary/aromatic N) is 3. The van der Waals surface area contributed by atoms with Gasteiger partial charge in [-0.05, 0) is 34.5 Å². The number of aromatic nitrogens is 2. The molecule has 0 saturated heterocycles. The van der Waals surface area contributed by atoms with Gasteiger partial charge in [-0.15, -0.1) is 0 Å². The summed E-state index contributed by atoms with van der Waals surface area (Å²) in [7, 11) is 1.97. The molecule has 0 saturated carbocycles. The fraction of sp³-hybridized carbons (Fsp3) is 0.385. The van der Waals surface area contributed by atoms with Crippen molar-refractivity contribution in [3.05, 3.63) is 35.0 Å². The maximum absolute atomic E-state index is 5.34. The molecule has 2 aromatic rings. The van der Waals surface area contributed by atoms with Gasteiger partial charge in [-0.1, -0.05) is 6.92 Å². The van der Waals surface area contributed by atoms with Crippen LogP contribution in [0.2, 0.25) is 0 Å². The first kappa shape index (κ1) is 13.9. The van der Waals surface area contributed by atoms with Crippen molar-refractivity contribution in [2.75, 3.05) is 23.8 Å². The number of rotatable bonds is 6. The van der Waals surface area contributed by atoms with Crippen LogP contribution in [0.25, 0.3) is 0 Å². The summed E-state index contributed by atoms with van der Waals surface area (Å²) in [6, 6.07) is 3.83. The summed E-state index contributed by atoms with van der Waals surface area (Å²) in [4.78, 5) is 10.6. The number of hydrogen-bond acceptors (Lipinski definition) is 5. The minimum atomic E-state index is 0.663. The molecule has 0 atom stereocenters. The Morgan fingerprint density at radius 1 is 1.42 bits per heavy atom. The van der Waals surface area contributed by atoms with Crippen LogP contribution in [0.15, 0.2) is 33.6 Å². The average Bonchev–Trinajstić information content (AvgIpc) is 2.90. The van der Waals surface area contributed by atoms with Crippen LogP contribution in [0.1, 0.15) is 19.1 Å². The summed E-state index contributed by atoms with van der Waals surface area (Å²) < 4.78 is 6.22. The molecule has 0 amide bonds. The zero-order valence-electron chi connectivity index (χ0n) is 11.1. The van der Waals surface area contributed by atoms with E-state index in [1.807, 2.05) is 24.1 Å². The SMILES string of the molecule is CCCNc1ncnc(N(C)Cc2ccco2)c1Br. The summed E-state index contributed by atoms with van der Waals surface area (Å²) in [6.45, 7) is 3.67. The van der Waals surface area contributed by atoms with Gasteiger partial charge in [0.25, 0.3) is 0 Å². The Balaban J connectivity index is 2.14. The number of furan rings is 1. The lowest BCUT2D eigenvalue weighted by atomic mass is 10.4. The van der Waals surface area contributed by atoms with E-state index in [2.05, 4.69) is 38.1 Å². The Bertz CT molecular complexity index is 515. The van der Waals surface area contributed by atoms with Crippen molar-refractivity contribution in [2.24, 2.45) is 0 Å². The Labute approximate surface area is 121 Å². The van der Waals surface area contributed by atoms with Gasteiger partial charge in [0, 0.05) is 13.6 Å². The molecule has 2 rings (SSSR count). The van der Waals surface area contributed by atoms with Gasteiger partial charge >= 0.3 is 0 Å². The van der Waals surface area contributed by atoms with Crippen molar-refractivity contribution >= 4 is 27.6 Å². The van der Waals surface area contributed by atoms with Crippen molar-refractivity contribution in [3.63, 3.8) is 0 Å². The van der Waals surface area contributed by atoms with Gasteiger partial charge < -0.3 is 14.6 Å². The number of nitrogens with one attached hydrogen (secondary N) is 1. The van der Waals surface area contributed by atoms with Crippen molar-refractivity contribution in [3.8, 4) is 0 Å². The second kappa shape index (κ2) is 6.56. The molecule has 2 heterocycles. The number of hydrogen-bond donors (Lipinski definition) is 1. The lowest BCUT2D eigenvalue weighted by molar-refractivity contribution is 0.507. The molecular formula is C13H17BrN4O. The van der Waals surface area contributed by atoms with Crippen molar-refractivity contribution in [1.29, 1.82) is 0 Å². The van der Waals surface area contributed by atoms with Crippen LogP contribution in [0.5, 0.6) is 0 Å². The van der Waals surface area contributed by atoms with Crippen LogP contribution < -0.4 is 10.2 Å². The summed E-state index contributed by atoms with van der Waals surface area (Å²) in [5.74, 6) is 2.55. The van der Waals surface area contributed by atoms with Gasteiger partial charge in [-0.3, -0.25) is 0 Å². The van der Waals surface area contributed by atoms with Crippen LogP contribution in [0.3, 0.4) is 0 Å². The van der Waals surface area contributed by atoms with E-state index in [0.29, 0.717) is 6.54 Å². The second-order valence-electron chi connectivity index (χ2n) is 4.22. The highest BCUT2D eigenvalue weighted by Crippen LogP contribution is 2.29. The maximum atomic E-state index is 5.34. The van der Waals surface area contributed by atoms with Crippen LogP contribution >= 0.6 is 15.9 Å². The molecule has 0 aliphatic rings. The van der Waals surface area contributed by atoms with Crippen molar-refractivity contribution in [1.82, 2.24) is 9.97 Å². The van der Waals surface area contributed by atoms with E-state index in [-0.39, 0.29) is 0 Å². The standard InChI is InChI=1S/C13H17BrN4O/c1-3-6-15-12-11(14)13(17-9-16-12)18(2)8-10-5-4-7-19-10/h4-5,7,9H,3,6,8H2,1-2H3,(H,15,16,17). The topological polar surface area (TPSA) is 54.2 Å². The van der Waals surface area contributed by atoms with E-state index >= 15 is 0 Å². The van der Waals surface area contributed by atoms with E-state index in [0.717, 1.165) is 34.8 Å². The Morgan fingerprint density at radius 2 is 2.26 bits per heavy atom. The van der Waals surface area contributed by atoms with Gasteiger partial charge in [0.05, 0.1) is 12.8 Å². The average molecular weight is 325 g/mol. The minimum absolute atomic E-state index is 0.663. The molecule has 0 fully saturated rings. The highest BCUT2D eigenvalue weighted by molar-refractivity contribution is 9.10. The van der Waals surface area contributed by atoms with Crippen LogP contribution in [0.4, 0.5) is 11.6 Å². The first-order valence-electron chi connectivity index (χ1n) is 6.20. The van der Waals surface area contributed by atoms with Gasteiger partial charge in [0.1, 0.15) is 28.2 Å². The highest BCUT2D eigenvalue weighted by atomic mass is 79.9. The largest absolute Gasteiger partial charge is 0.467 e. The quantitative estimate of drug-likeness (QED) is 0.883. The molecule has 1 N–H and O–H groups in total. The molecule has 0 spiro atoms. The molecule has 6 heteroatoms. The van der Waals surface area contributed by atoms with Gasteiger partial charge in [0.2, 0.25) is 0 Å².